The lowest BCUT2D eigenvalue weighted by Crippen LogP contribution is -2.25. The number of rotatable bonds is 5. The average molecular weight is 420 g/mol. The summed E-state index contributed by atoms with van der Waals surface area (Å²) in [6.45, 7) is 5.86. The van der Waals surface area contributed by atoms with Crippen molar-refractivity contribution in [3.05, 3.63) is 63.9 Å². The van der Waals surface area contributed by atoms with Crippen molar-refractivity contribution in [2.45, 2.75) is 33.4 Å². The molecule has 6 nitrogen and oxygen atoms in total. The highest BCUT2D eigenvalue weighted by molar-refractivity contribution is 9.10. The smallest absolute Gasteiger partial charge is 0.249 e. The van der Waals surface area contributed by atoms with E-state index < -0.39 is 6.04 Å². The second kappa shape index (κ2) is 7.41. The largest absolute Gasteiger partial charge is 0.322 e. The molecule has 1 atom stereocenters. The molecule has 8 heteroatoms. The van der Waals surface area contributed by atoms with Crippen LogP contribution in [0.25, 0.3) is 0 Å². The van der Waals surface area contributed by atoms with Crippen molar-refractivity contribution in [2.24, 2.45) is 0 Å². The Morgan fingerprint density at radius 2 is 2.08 bits per heavy atom. The summed E-state index contributed by atoms with van der Waals surface area (Å²) in [5.74, 6) is -0.481. The van der Waals surface area contributed by atoms with Crippen molar-refractivity contribution in [3.8, 4) is 0 Å². The second-order valence-electron chi connectivity index (χ2n) is 6.11. The lowest BCUT2D eigenvalue weighted by Gasteiger charge is -2.13. The van der Waals surface area contributed by atoms with Crippen molar-refractivity contribution in [1.82, 2.24) is 19.6 Å². The van der Waals surface area contributed by atoms with Crippen LogP contribution in [0.3, 0.4) is 0 Å². The van der Waals surface area contributed by atoms with E-state index in [0.717, 1.165) is 15.9 Å². The monoisotopic (exact) mass is 419 g/mol. The molecule has 0 saturated carbocycles. The average Bonchev–Trinajstić information content (AvgIpc) is 3.16. The van der Waals surface area contributed by atoms with Crippen LogP contribution in [-0.4, -0.2) is 25.5 Å². The molecule has 26 heavy (non-hydrogen) atoms. The maximum atomic E-state index is 13.7. The number of nitrogens with one attached hydrogen (secondary N) is 1. The third-order valence-electron chi connectivity index (χ3n) is 4.17. The first-order chi connectivity index (χ1) is 12.4. The fourth-order valence-electron chi connectivity index (χ4n) is 2.69. The first kappa shape index (κ1) is 18.3. The fourth-order valence-corrected chi connectivity index (χ4v) is 2.95. The maximum Gasteiger partial charge on any atom is 0.249 e. The summed E-state index contributed by atoms with van der Waals surface area (Å²) in [5.41, 5.74) is 2.81. The number of amides is 1. The molecular formula is C18H19BrFN5O. The highest BCUT2D eigenvalue weighted by Gasteiger charge is 2.20. The SMILES string of the molecule is Cc1nn(C(C)C(=O)Nc2cnn(Cc3ccccc3F)c2)c(C)c1Br. The van der Waals surface area contributed by atoms with Crippen molar-refractivity contribution in [3.63, 3.8) is 0 Å². The number of hydrogen-bond donors (Lipinski definition) is 1. The van der Waals surface area contributed by atoms with Crippen LogP contribution in [0.5, 0.6) is 0 Å². The van der Waals surface area contributed by atoms with Crippen LogP contribution in [-0.2, 0) is 11.3 Å². The summed E-state index contributed by atoms with van der Waals surface area (Å²) in [5, 5.41) is 11.4. The Bertz CT molecular complexity index is 949. The number of nitrogens with zero attached hydrogens (tertiary/aromatic N) is 4. The molecule has 136 valence electrons. The minimum atomic E-state index is -0.477. The van der Waals surface area contributed by atoms with Crippen LogP contribution >= 0.6 is 15.9 Å². The minimum absolute atomic E-state index is 0.200. The summed E-state index contributed by atoms with van der Waals surface area (Å²) in [6.07, 6.45) is 3.22. The van der Waals surface area contributed by atoms with Crippen LogP contribution in [0.2, 0.25) is 0 Å². The molecule has 0 aliphatic heterocycles. The first-order valence-corrected chi connectivity index (χ1v) is 8.94. The van der Waals surface area contributed by atoms with Gasteiger partial charge in [0.15, 0.2) is 0 Å². The Kier molecular flexibility index (Phi) is 5.22. The third-order valence-corrected chi connectivity index (χ3v) is 5.32. The number of hydrogen-bond acceptors (Lipinski definition) is 3. The summed E-state index contributed by atoms with van der Waals surface area (Å²) in [7, 11) is 0. The number of anilines is 1. The Hall–Kier alpha value is -2.48. The molecule has 0 bridgehead atoms. The van der Waals surface area contributed by atoms with E-state index in [1.54, 1.807) is 46.9 Å². The Morgan fingerprint density at radius 3 is 2.73 bits per heavy atom. The predicted molar refractivity (Wildman–Crippen MR) is 100 cm³/mol. The maximum absolute atomic E-state index is 13.7. The second-order valence-corrected chi connectivity index (χ2v) is 6.91. The zero-order valence-corrected chi connectivity index (χ0v) is 16.3. The van der Waals surface area contributed by atoms with Crippen molar-refractivity contribution < 1.29 is 9.18 Å². The van der Waals surface area contributed by atoms with E-state index in [4.69, 9.17) is 0 Å². The summed E-state index contributed by atoms with van der Waals surface area (Å²) >= 11 is 3.47. The van der Waals surface area contributed by atoms with Crippen LogP contribution in [0.1, 0.15) is 29.9 Å². The third kappa shape index (κ3) is 3.70. The molecule has 1 amide bonds. The van der Waals surface area contributed by atoms with Crippen LogP contribution in [0, 0.1) is 19.7 Å². The molecule has 0 radical (unpaired) electrons. The quantitative estimate of drug-likeness (QED) is 0.682. The molecule has 3 aromatic rings. The normalized spacial score (nSPS) is 12.2. The van der Waals surface area contributed by atoms with Gasteiger partial charge in [0.05, 0.1) is 34.3 Å². The molecule has 0 fully saturated rings. The molecule has 1 N–H and O–H groups in total. The van der Waals surface area contributed by atoms with Gasteiger partial charge in [-0.2, -0.15) is 10.2 Å². The number of carbonyl (C=O) groups is 1. The molecule has 3 rings (SSSR count). The number of carbonyl (C=O) groups excluding carboxylic acids is 1. The van der Waals surface area contributed by atoms with Crippen molar-refractivity contribution in [2.75, 3.05) is 5.32 Å². The minimum Gasteiger partial charge on any atom is -0.322 e. The number of aryl methyl sites for hydroxylation is 1. The molecule has 0 spiro atoms. The molecular weight excluding hydrogens is 401 g/mol. The summed E-state index contributed by atoms with van der Waals surface area (Å²) in [6, 6.07) is 6.06. The molecule has 2 heterocycles. The number of benzene rings is 1. The van der Waals surface area contributed by atoms with Gasteiger partial charge in [0.2, 0.25) is 5.91 Å². The van der Waals surface area contributed by atoms with Gasteiger partial charge in [0, 0.05) is 11.8 Å². The lowest BCUT2D eigenvalue weighted by atomic mass is 10.2. The Balaban J connectivity index is 1.69. The van der Waals surface area contributed by atoms with Gasteiger partial charge in [-0.05, 0) is 42.8 Å². The van der Waals surface area contributed by atoms with Gasteiger partial charge in [0.1, 0.15) is 11.9 Å². The molecule has 1 unspecified atom stereocenters. The van der Waals surface area contributed by atoms with Gasteiger partial charge in [0.25, 0.3) is 0 Å². The number of halogens is 2. The van der Waals surface area contributed by atoms with E-state index in [0.29, 0.717) is 17.8 Å². The van der Waals surface area contributed by atoms with Gasteiger partial charge >= 0.3 is 0 Å². The lowest BCUT2D eigenvalue weighted by molar-refractivity contribution is -0.119. The highest BCUT2D eigenvalue weighted by atomic mass is 79.9. The molecule has 2 aromatic heterocycles. The zero-order valence-electron chi connectivity index (χ0n) is 14.7. The molecule has 0 aliphatic rings. The predicted octanol–water partition coefficient (Wildman–Crippen LogP) is 3.85. The fraction of sp³-hybridized carbons (Fsp3) is 0.278. The van der Waals surface area contributed by atoms with E-state index >= 15 is 0 Å². The van der Waals surface area contributed by atoms with Gasteiger partial charge in [-0.15, -0.1) is 0 Å². The van der Waals surface area contributed by atoms with Gasteiger partial charge in [-0.3, -0.25) is 14.2 Å². The Morgan fingerprint density at radius 1 is 1.35 bits per heavy atom. The molecule has 0 aliphatic carbocycles. The van der Waals surface area contributed by atoms with E-state index in [-0.39, 0.29) is 11.7 Å². The molecule has 1 aromatic carbocycles. The Labute approximate surface area is 159 Å². The highest BCUT2D eigenvalue weighted by Crippen LogP contribution is 2.23. The standard InChI is InChI=1S/C18H19BrFN5O/c1-11-17(19)12(2)25(23-11)13(3)18(26)22-15-8-21-24(10-15)9-14-6-4-5-7-16(14)20/h4-8,10,13H,9H2,1-3H3,(H,22,26). The zero-order chi connectivity index (χ0) is 18.8. The van der Waals surface area contributed by atoms with Crippen LogP contribution < -0.4 is 5.32 Å². The van der Waals surface area contributed by atoms with Crippen LogP contribution in [0.15, 0.2) is 41.1 Å². The van der Waals surface area contributed by atoms with E-state index in [1.165, 1.54) is 6.07 Å². The van der Waals surface area contributed by atoms with Gasteiger partial charge in [-0.25, -0.2) is 4.39 Å². The van der Waals surface area contributed by atoms with E-state index in [2.05, 4.69) is 31.4 Å². The van der Waals surface area contributed by atoms with Crippen molar-refractivity contribution >= 4 is 27.5 Å². The van der Waals surface area contributed by atoms with E-state index in [9.17, 15) is 9.18 Å². The molecule has 0 saturated heterocycles. The van der Waals surface area contributed by atoms with Crippen molar-refractivity contribution in [1.29, 1.82) is 0 Å². The van der Waals surface area contributed by atoms with Gasteiger partial charge in [-0.1, -0.05) is 18.2 Å². The summed E-state index contributed by atoms with van der Waals surface area (Å²) < 4.78 is 17.9. The topological polar surface area (TPSA) is 64.7 Å². The van der Waals surface area contributed by atoms with Crippen LogP contribution in [0.4, 0.5) is 10.1 Å². The summed E-state index contributed by atoms with van der Waals surface area (Å²) in [4.78, 5) is 12.5. The first-order valence-electron chi connectivity index (χ1n) is 8.14. The van der Waals surface area contributed by atoms with E-state index in [1.807, 2.05) is 13.8 Å². The number of aromatic nitrogens is 4. The van der Waals surface area contributed by atoms with Gasteiger partial charge < -0.3 is 5.32 Å².